The van der Waals surface area contributed by atoms with Crippen molar-refractivity contribution in [2.75, 3.05) is 0 Å². The summed E-state index contributed by atoms with van der Waals surface area (Å²) in [6, 6.07) is 0. The second-order valence-electron chi connectivity index (χ2n) is 10.1. The number of carboxylic acids is 2. The molecule has 5 heteroatoms. The summed E-state index contributed by atoms with van der Waals surface area (Å²) in [6.45, 7) is 4.16. The minimum atomic E-state index is -0.659. The summed E-state index contributed by atoms with van der Waals surface area (Å²) in [4.78, 5) is 20.6. The molecule has 37 heavy (non-hydrogen) atoms. The number of aliphatic carboxylic acids is 2. The molecule has 0 unspecified atom stereocenters. The Balaban J connectivity index is -0.000000608. The van der Waals surface area contributed by atoms with Crippen molar-refractivity contribution in [3.05, 3.63) is 24.3 Å². The predicted octanol–water partition coefficient (Wildman–Crippen LogP) is 10.7. The van der Waals surface area contributed by atoms with Crippen molar-refractivity contribution in [3.63, 3.8) is 0 Å². The van der Waals surface area contributed by atoms with Gasteiger partial charge in [0, 0.05) is 32.3 Å². The van der Waals surface area contributed by atoms with Gasteiger partial charge in [0.2, 0.25) is 0 Å². The Morgan fingerprint density at radius 2 is 0.649 bits per heavy atom. The summed E-state index contributed by atoms with van der Waals surface area (Å²) in [5.41, 5.74) is 0. The molecule has 0 saturated carbocycles. The maximum Gasteiger partial charge on any atom is 0.303 e. The molecular weight excluding hydrogens is 514 g/mol. The van der Waals surface area contributed by atoms with Crippen LogP contribution in [0.1, 0.15) is 168 Å². The zero-order chi connectivity index (χ0) is 27.0. The van der Waals surface area contributed by atoms with E-state index in [1.165, 1.54) is 116 Å². The molecule has 0 bridgehead atoms. The number of carboxylic acid groups (broad SMARTS) is 2. The Labute approximate surface area is 242 Å². The van der Waals surface area contributed by atoms with Crippen molar-refractivity contribution >= 4 is 11.9 Å². The average Bonchev–Trinajstić information content (AvgIpc) is 2.85. The number of hydrogen-bond acceptors (Lipinski definition) is 2. The Morgan fingerprint density at radius 1 is 0.432 bits per heavy atom. The van der Waals surface area contributed by atoms with Crippen molar-refractivity contribution in [1.82, 2.24) is 0 Å². The van der Waals surface area contributed by atoms with E-state index in [-0.39, 0.29) is 19.5 Å². The second-order valence-corrected chi connectivity index (χ2v) is 10.1. The van der Waals surface area contributed by atoms with Crippen LogP contribution in [0.2, 0.25) is 0 Å². The van der Waals surface area contributed by atoms with Crippen LogP contribution in [0.3, 0.4) is 0 Å². The molecule has 0 rings (SSSR count). The van der Waals surface area contributed by atoms with Crippen LogP contribution in [-0.2, 0) is 29.1 Å². The first-order valence-corrected chi connectivity index (χ1v) is 15.2. The van der Waals surface area contributed by atoms with Crippen LogP contribution in [0.15, 0.2) is 24.3 Å². The van der Waals surface area contributed by atoms with Gasteiger partial charge in [-0.15, -0.1) is 0 Å². The Bertz CT molecular complexity index is 471. The van der Waals surface area contributed by atoms with Gasteiger partial charge in [0.25, 0.3) is 0 Å². The van der Waals surface area contributed by atoms with E-state index in [9.17, 15) is 9.59 Å². The summed E-state index contributed by atoms with van der Waals surface area (Å²) < 4.78 is 0. The zero-order valence-corrected chi connectivity index (χ0v) is 27.7. The third kappa shape index (κ3) is 45.4. The maximum absolute atomic E-state index is 10.3. The standard InChI is InChI=1S/2C16H30O2.Zn/c2*1-2-3-4-5-6-7-8-9-10-11-12-13-14-15-16(17)18;/h2*2-3H,4-15H2,1H3,(H,17,18);. The van der Waals surface area contributed by atoms with Crippen LogP contribution in [0.4, 0.5) is 0 Å². The van der Waals surface area contributed by atoms with Gasteiger partial charge in [-0.2, -0.15) is 0 Å². The number of allylic oxidation sites excluding steroid dienone is 4. The van der Waals surface area contributed by atoms with Gasteiger partial charge in [-0.05, 0) is 52.4 Å². The molecule has 0 fully saturated rings. The van der Waals surface area contributed by atoms with Gasteiger partial charge in [0.1, 0.15) is 0 Å². The zero-order valence-electron chi connectivity index (χ0n) is 24.7. The molecule has 0 spiro atoms. The minimum absolute atomic E-state index is 0. The van der Waals surface area contributed by atoms with Crippen molar-refractivity contribution in [3.8, 4) is 0 Å². The fourth-order valence-electron chi connectivity index (χ4n) is 4.24. The molecule has 0 aliphatic carbocycles. The van der Waals surface area contributed by atoms with E-state index in [4.69, 9.17) is 10.2 Å². The van der Waals surface area contributed by atoms with E-state index in [1.807, 2.05) is 0 Å². The molecule has 0 aliphatic rings. The summed E-state index contributed by atoms with van der Waals surface area (Å²) in [7, 11) is 0. The first-order valence-electron chi connectivity index (χ1n) is 15.2. The average molecular weight is 574 g/mol. The van der Waals surface area contributed by atoms with Gasteiger partial charge in [-0.1, -0.05) is 127 Å². The van der Waals surface area contributed by atoms with Crippen LogP contribution in [0, 0.1) is 0 Å². The van der Waals surface area contributed by atoms with E-state index in [0.29, 0.717) is 12.8 Å². The van der Waals surface area contributed by atoms with Crippen molar-refractivity contribution in [2.24, 2.45) is 0 Å². The van der Waals surface area contributed by atoms with Crippen LogP contribution in [0.25, 0.3) is 0 Å². The first kappa shape index (κ1) is 40.5. The van der Waals surface area contributed by atoms with Crippen molar-refractivity contribution in [2.45, 2.75) is 168 Å². The molecule has 214 valence electrons. The second kappa shape index (κ2) is 37.2. The largest absolute Gasteiger partial charge is 0.481 e. The predicted molar refractivity (Wildman–Crippen MR) is 156 cm³/mol. The van der Waals surface area contributed by atoms with Crippen LogP contribution >= 0.6 is 0 Å². The number of unbranched alkanes of at least 4 members (excludes halogenated alkanes) is 20. The van der Waals surface area contributed by atoms with Gasteiger partial charge < -0.3 is 10.2 Å². The number of hydrogen-bond donors (Lipinski definition) is 2. The summed E-state index contributed by atoms with van der Waals surface area (Å²) in [5, 5.41) is 17.0. The molecule has 0 heterocycles. The SMILES string of the molecule is CC=CCCCCCCCCCCCCC(=O)O.CC=CCCCCCCCCCCCCC(=O)O.[Zn]. The Kier molecular flexibility index (Phi) is 40.8. The maximum atomic E-state index is 10.3. The normalized spacial score (nSPS) is 10.9. The minimum Gasteiger partial charge on any atom is -0.481 e. The van der Waals surface area contributed by atoms with E-state index < -0.39 is 11.9 Å². The van der Waals surface area contributed by atoms with Crippen LogP contribution < -0.4 is 0 Å². The quantitative estimate of drug-likeness (QED) is 0.0613. The monoisotopic (exact) mass is 572 g/mol. The molecule has 0 aromatic rings. The summed E-state index contributed by atoms with van der Waals surface area (Å²) >= 11 is 0. The molecule has 0 aliphatic heterocycles. The first-order chi connectivity index (χ1) is 17.5. The smallest absolute Gasteiger partial charge is 0.303 e. The van der Waals surface area contributed by atoms with E-state index >= 15 is 0 Å². The molecule has 0 saturated heterocycles. The molecule has 0 atom stereocenters. The molecule has 0 aromatic heterocycles. The van der Waals surface area contributed by atoms with E-state index in [0.717, 1.165) is 25.7 Å². The molecule has 2 N–H and O–H groups in total. The van der Waals surface area contributed by atoms with Crippen molar-refractivity contribution < 1.29 is 39.3 Å². The number of rotatable bonds is 26. The summed E-state index contributed by atoms with van der Waals surface area (Å²) in [6.07, 6.45) is 36.9. The van der Waals surface area contributed by atoms with Crippen LogP contribution in [-0.4, -0.2) is 22.2 Å². The van der Waals surface area contributed by atoms with Gasteiger partial charge in [0.05, 0.1) is 0 Å². The van der Waals surface area contributed by atoms with Crippen molar-refractivity contribution in [1.29, 1.82) is 0 Å². The molecule has 4 nitrogen and oxygen atoms in total. The van der Waals surface area contributed by atoms with Gasteiger partial charge in [-0.3, -0.25) is 9.59 Å². The topological polar surface area (TPSA) is 74.6 Å². The fourth-order valence-corrected chi connectivity index (χ4v) is 4.24. The molecule has 0 aromatic carbocycles. The molecule has 0 radical (unpaired) electrons. The fraction of sp³-hybridized carbons (Fsp3) is 0.812. The molecular formula is C32H60O4Zn. The summed E-state index contributed by atoms with van der Waals surface area (Å²) in [5.74, 6) is -1.32. The van der Waals surface area contributed by atoms with Crippen LogP contribution in [0.5, 0.6) is 0 Å². The van der Waals surface area contributed by atoms with Gasteiger partial charge in [0.15, 0.2) is 0 Å². The number of carbonyl (C=O) groups is 2. The van der Waals surface area contributed by atoms with E-state index in [2.05, 4.69) is 38.2 Å². The Morgan fingerprint density at radius 3 is 0.865 bits per heavy atom. The van der Waals surface area contributed by atoms with Gasteiger partial charge >= 0.3 is 11.9 Å². The third-order valence-electron chi connectivity index (χ3n) is 6.49. The Hall–Kier alpha value is -0.957. The van der Waals surface area contributed by atoms with E-state index in [1.54, 1.807) is 0 Å². The van der Waals surface area contributed by atoms with Gasteiger partial charge in [-0.25, -0.2) is 0 Å². The molecule has 0 amide bonds. The third-order valence-corrected chi connectivity index (χ3v) is 6.49.